The Kier molecular flexibility index (Phi) is 4.41. The fourth-order valence-electron chi connectivity index (χ4n) is 7.00. The summed E-state index contributed by atoms with van der Waals surface area (Å²) >= 11 is 0. The van der Waals surface area contributed by atoms with Crippen molar-refractivity contribution in [2.24, 2.45) is 17.3 Å². The Balaban J connectivity index is 1.45. The van der Waals surface area contributed by atoms with Gasteiger partial charge in [0.15, 0.2) is 0 Å². The molecule has 3 aliphatic rings. The van der Waals surface area contributed by atoms with Gasteiger partial charge in [-0.15, -0.1) is 0 Å². The van der Waals surface area contributed by atoms with Crippen molar-refractivity contribution in [3.05, 3.63) is 70.6 Å². The predicted octanol–water partition coefficient (Wildman–Crippen LogP) is 4.73. The van der Waals surface area contributed by atoms with Crippen molar-refractivity contribution >= 4 is 5.69 Å². The van der Waals surface area contributed by atoms with Crippen LogP contribution >= 0.6 is 0 Å². The molecule has 0 spiro atoms. The highest BCUT2D eigenvalue weighted by Crippen LogP contribution is 2.65. The topological polar surface area (TPSA) is 48.7 Å². The van der Waals surface area contributed by atoms with Crippen LogP contribution in [0.25, 0.3) is 4.85 Å². The lowest BCUT2D eigenvalue weighted by Crippen LogP contribution is -2.52. The molecule has 4 nitrogen and oxygen atoms in total. The third-order valence-corrected chi connectivity index (χ3v) is 8.64. The van der Waals surface area contributed by atoms with Gasteiger partial charge in [0.1, 0.15) is 5.82 Å². The van der Waals surface area contributed by atoms with Gasteiger partial charge in [-0.1, -0.05) is 19.1 Å². The molecule has 0 bridgehead atoms. The maximum absolute atomic E-state index is 14.8. The first kappa shape index (κ1) is 19.5. The van der Waals surface area contributed by atoms with E-state index in [2.05, 4.69) is 11.8 Å². The molecule has 2 saturated carbocycles. The van der Waals surface area contributed by atoms with E-state index in [-0.39, 0.29) is 16.9 Å². The summed E-state index contributed by atoms with van der Waals surface area (Å²) in [4.78, 5) is 3.34. The largest absolute Gasteiger partial charge is 0.389 e. The highest BCUT2D eigenvalue weighted by Gasteiger charge is 2.61. The van der Waals surface area contributed by atoms with Crippen LogP contribution in [0.5, 0.6) is 0 Å². The molecule has 156 valence electrons. The number of hydrogen-bond acceptors (Lipinski definition) is 2. The number of halogens is 1. The molecule has 1 aromatic carbocycles. The van der Waals surface area contributed by atoms with Crippen LogP contribution < -0.4 is 4.73 Å². The van der Waals surface area contributed by atoms with Gasteiger partial charge in [0, 0.05) is 23.3 Å². The second-order valence-corrected chi connectivity index (χ2v) is 9.78. The fraction of sp³-hybridized carbons (Fsp3) is 0.520. The standard InChI is InChI=1S/C25H28FN2O2/c1-24-11-7-18-17-5-6-22(27-2)23(26)20(17)4-3-19(18)21(24)8-12-25(24,29)15-16-9-13-28(30)14-10-16/h5-6,9-10,13-14,18-19,21,29-30H,3-4,7-8,11-12,15H2,1H3/q+1/t18?,19?,21?,24-,25+/m0/s1. The van der Waals surface area contributed by atoms with E-state index >= 15 is 0 Å². The van der Waals surface area contributed by atoms with E-state index in [9.17, 15) is 14.7 Å². The van der Waals surface area contributed by atoms with E-state index in [1.807, 2.05) is 18.2 Å². The number of aliphatic hydroxyl groups is 1. The molecular weight excluding hydrogens is 379 g/mol. The molecular formula is C25H28FN2O2+. The Morgan fingerprint density at radius 2 is 1.93 bits per heavy atom. The molecule has 0 radical (unpaired) electrons. The van der Waals surface area contributed by atoms with Crippen molar-refractivity contribution in [3.8, 4) is 0 Å². The molecule has 1 heterocycles. The number of nitrogens with zero attached hydrogens (tertiary/aromatic N) is 2. The monoisotopic (exact) mass is 407 g/mol. The summed E-state index contributed by atoms with van der Waals surface area (Å²) < 4.78 is 15.8. The Hall–Kier alpha value is -2.45. The van der Waals surface area contributed by atoms with Gasteiger partial charge in [-0.2, -0.15) is 0 Å². The molecule has 30 heavy (non-hydrogen) atoms. The van der Waals surface area contributed by atoms with Gasteiger partial charge in [-0.05, 0) is 78.4 Å². The van der Waals surface area contributed by atoms with Crippen molar-refractivity contribution in [2.75, 3.05) is 0 Å². The average molecular weight is 408 g/mol. The molecule has 1 aromatic heterocycles. The summed E-state index contributed by atoms with van der Waals surface area (Å²) in [5.41, 5.74) is 2.10. The fourth-order valence-corrected chi connectivity index (χ4v) is 7.00. The van der Waals surface area contributed by atoms with Crippen molar-refractivity contribution in [2.45, 2.75) is 63.4 Å². The number of benzene rings is 1. The predicted molar refractivity (Wildman–Crippen MR) is 110 cm³/mol. The smallest absolute Gasteiger partial charge is 0.222 e. The van der Waals surface area contributed by atoms with Crippen LogP contribution in [0.2, 0.25) is 0 Å². The first-order valence-corrected chi connectivity index (χ1v) is 11.0. The van der Waals surface area contributed by atoms with Gasteiger partial charge in [0.25, 0.3) is 0 Å². The summed E-state index contributed by atoms with van der Waals surface area (Å²) in [6.07, 6.45) is 9.08. The lowest BCUT2D eigenvalue weighted by Gasteiger charge is -2.53. The maximum atomic E-state index is 14.8. The molecule has 3 aliphatic carbocycles. The molecule has 0 amide bonds. The highest BCUT2D eigenvalue weighted by molar-refractivity contribution is 5.53. The number of hydrogen-bond donors (Lipinski definition) is 2. The molecule has 5 heteroatoms. The minimum absolute atomic E-state index is 0.134. The zero-order valence-electron chi connectivity index (χ0n) is 17.3. The highest BCUT2D eigenvalue weighted by atomic mass is 19.1. The van der Waals surface area contributed by atoms with Gasteiger partial charge >= 0.3 is 0 Å². The van der Waals surface area contributed by atoms with Crippen LogP contribution in [0, 0.1) is 29.6 Å². The number of rotatable bonds is 2. The number of aromatic nitrogens is 1. The normalized spacial score (nSPS) is 34.5. The molecule has 3 unspecified atom stereocenters. The Labute approximate surface area is 176 Å². The Bertz CT molecular complexity index is 1030. The molecule has 2 N–H and O–H groups in total. The molecule has 5 atom stereocenters. The van der Waals surface area contributed by atoms with E-state index in [1.165, 1.54) is 0 Å². The molecule has 0 saturated heterocycles. The van der Waals surface area contributed by atoms with Crippen LogP contribution in [-0.4, -0.2) is 15.9 Å². The van der Waals surface area contributed by atoms with E-state index < -0.39 is 5.60 Å². The number of fused-ring (bicyclic) bond motifs is 5. The van der Waals surface area contributed by atoms with Crippen LogP contribution in [0.15, 0.2) is 36.7 Å². The Morgan fingerprint density at radius 3 is 2.67 bits per heavy atom. The van der Waals surface area contributed by atoms with E-state index in [4.69, 9.17) is 6.57 Å². The summed E-state index contributed by atoms with van der Waals surface area (Å²) in [6.45, 7) is 9.45. The van der Waals surface area contributed by atoms with Gasteiger partial charge in [0.2, 0.25) is 18.1 Å². The Morgan fingerprint density at radius 1 is 1.17 bits per heavy atom. The van der Waals surface area contributed by atoms with Crippen molar-refractivity contribution in [1.29, 1.82) is 0 Å². The first-order chi connectivity index (χ1) is 14.4. The van der Waals surface area contributed by atoms with Crippen molar-refractivity contribution < 1.29 is 19.4 Å². The van der Waals surface area contributed by atoms with Crippen molar-refractivity contribution in [1.82, 2.24) is 0 Å². The maximum Gasteiger partial charge on any atom is 0.222 e. The molecule has 2 fully saturated rings. The van der Waals surface area contributed by atoms with E-state index in [0.717, 1.165) is 53.5 Å². The van der Waals surface area contributed by atoms with Crippen LogP contribution in [0.4, 0.5) is 10.1 Å². The SMILES string of the molecule is [C-]#[N+]c1ccc2c(c1F)CCC1C2CC[C@@]2(C)C1CC[C@@]2(O)Cc1cc[n+](O)cc1. The quantitative estimate of drug-likeness (QED) is 0.430. The number of pyridine rings is 1. The average Bonchev–Trinajstić information content (AvgIpc) is 3.00. The molecule has 2 aromatic rings. The van der Waals surface area contributed by atoms with Gasteiger partial charge < -0.3 is 5.11 Å². The zero-order valence-corrected chi connectivity index (χ0v) is 17.3. The second-order valence-electron chi connectivity index (χ2n) is 9.78. The van der Waals surface area contributed by atoms with Crippen molar-refractivity contribution in [3.63, 3.8) is 0 Å². The van der Waals surface area contributed by atoms with Crippen LogP contribution in [-0.2, 0) is 12.8 Å². The van der Waals surface area contributed by atoms with Gasteiger partial charge in [-0.3, -0.25) is 5.21 Å². The van der Waals surface area contributed by atoms with E-state index in [1.54, 1.807) is 18.5 Å². The van der Waals surface area contributed by atoms with Crippen LogP contribution in [0.1, 0.15) is 61.6 Å². The third-order valence-electron chi connectivity index (χ3n) is 8.64. The van der Waals surface area contributed by atoms with E-state index in [0.29, 0.717) is 30.6 Å². The van der Waals surface area contributed by atoms with Gasteiger partial charge in [0.05, 0.1) is 12.2 Å². The lowest BCUT2D eigenvalue weighted by atomic mass is 9.52. The van der Waals surface area contributed by atoms with Crippen LogP contribution in [0.3, 0.4) is 0 Å². The minimum Gasteiger partial charge on any atom is -0.389 e. The van der Waals surface area contributed by atoms with Gasteiger partial charge in [-0.25, -0.2) is 9.24 Å². The summed E-state index contributed by atoms with van der Waals surface area (Å²) in [7, 11) is 0. The summed E-state index contributed by atoms with van der Waals surface area (Å²) in [5.74, 6) is 0.888. The third kappa shape index (κ3) is 2.70. The first-order valence-electron chi connectivity index (χ1n) is 11.0. The lowest BCUT2D eigenvalue weighted by molar-refractivity contribution is -0.904. The zero-order chi connectivity index (χ0) is 21.1. The second kappa shape index (κ2) is 6.78. The molecule has 5 rings (SSSR count). The molecule has 0 aliphatic heterocycles. The minimum atomic E-state index is -0.760. The summed E-state index contributed by atoms with van der Waals surface area (Å²) in [6, 6.07) is 7.37. The summed E-state index contributed by atoms with van der Waals surface area (Å²) in [5, 5.41) is 21.3.